The molecule has 0 aromatic carbocycles. The summed E-state index contributed by atoms with van der Waals surface area (Å²) in [6.07, 6.45) is 4.29. The van der Waals surface area contributed by atoms with E-state index in [1.807, 2.05) is 27.7 Å². The van der Waals surface area contributed by atoms with Crippen molar-refractivity contribution in [1.82, 2.24) is 0 Å². The predicted molar refractivity (Wildman–Crippen MR) is 66.4 cm³/mol. The lowest BCUT2D eigenvalue weighted by Gasteiger charge is -2.54. The van der Waals surface area contributed by atoms with Crippen LogP contribution in [0.5, 0.6) is 0 Å². The van der Waals surface area contributed by atoms with Crippen molar-refractivity contribution in [2.24, 2.45) is 0 Å². The number of unbranched alkanes of at least 4 members (excludes halogenated alkanes) is 1. The molecule has 1 N–H and O–H groups in total. The van der Waals surface area contributed by atoms with Gasteiger partial charge in [0.25, 0.3) is 0 Å². The zero-order valence-corrected chi connectivity index (χ0v) is 11.4. The summed E-state index contributed by atoms with van der Waals surface area (Å²) < 4.78 is 5.89. The average Bonchev–Trinajstić information content (AvgIpc) is 2.14. The summed E-state index contributed by atoms with van der Waals surface area (Å²) in [5.41, 5.74) is -0.447. The molecule has 1 fully saturated rings. The second-order valence-electron chi connectivity index (χ2n) is 6.35. The van der Waals surface area contributed by atoms with E-state index >= 15 is 0 Å². The maximum absolute atomic E-state index is 12.2. The number of quaternary nitrogens is 1. The largest absolute Gasteiger partial charge is 0.634 e. The summed E-state index contributed by atoms with van der Waals surface area (Å²) in [6, 6.07) is 0. The fourth-order valence-electron chi connectivity index (χ4n) is 2.82. The van der Waals surface area contributed by atoms with Crippen LogP contribution in [0.2, 0.25) is 0 Å². The molecular weight excluding hydrogens is 202 g/mol. The SMILES string of the molecule is CCCCOC1CC(C)(C)[NH+]([O-])C(C)(C)C1. The van der Waals surface area contributed by atoms with E-state index in [0.29, 0.717) is 5.06 Å². The topological polar surface area (TPSA) is 36.7 Å². The van der Waals surface area contributed by atoms with Crippen LogP contribution in [0.15, 0.2) is 0 Å². The Balaban J connectivity index is 2.57. The fourth-order valence-corrected chi connectivity index (χ4v) is 2.82. The van der Waals surface area contributed by atoms with Crippen LogP contribution in [-0.2, 0) is 4.74 Å². The zero-order valence-electron chi connectivity index (χ0n) is 11.4. The Labute approximate surface area is 99.7 Å². The second-order valence-corrected chi connectivity index (χ2v) is 6.35. The maximum atomic E-state index is 12.2. The lowest BCUT2D eigenvalue weighted by molar-refractivity contribution is -0.956. The highest BCUT2D eigenvalue weighted by atomic mass is 16.5. The van der Waals surface area contributed by atoms with Gasteiger partial charge in [-0.15, -0.1) is 0 Å². The van der Waals surface area contributed by atoms with Gasteiger partial charge in [-0.05, 0) is 34.1 Å². The smallest absolute Gasteiger partial charge is 0.0946 e. The van der Waals surface area contributed by atoms with Gasteiger partial charge in [0.1, 0.15) is 0 Å². The molecule has 1 heterocycles. The minimum absolute atomic E-state index is 0.224. The lowest BCUT2D eigenvalue weighted by Crippen LogP contribution is -3.23. The molecule has 0 unspecified atom stereocenters. The number of hydrogen-bond acceptors (Lipinski definition) is 2. The van der Waals surface area contributed by atoms with Crippen LogP contribution < -0.4 is 5.06 Å². The Morgan fingerprint density at radius 3 is 2.12 bits per heavy atom. The number of ether oxygens (including phenoxy) is 1. The molecule has 1 aliphatic heterocycles. The van der Waals surface area contributed by atoms with E-state index in [-0.39, 0.29) is 17.2 Å². The molecule has 3 heteroatoms. The quantitative estimate of drug-likeness (QED) is 0.590. The number of hydrogen-bond donors (Lipinski definition) is 1. The van der Waals surface area contributed by atoms with E-state index in [1.165, 1.54) is 6.42 Å². The first-order valence-electron chi connectivity index (χ1n) is 6.46. The van der Waals surface area contributed by atoms with E-state index in [0.717, 1.165) is 25.9 Å². The van der Waals surface area contributed by atoms with Crippen molar-refractivity contribution in [1.29, 1.82) is 0 Å². The maximum Gasteiger partial charge on any atom is 0.0946 e. The lowest BCUT2D eigenvalue weighted by atomic mass is 9.80. The van der Waals surface area contributed by atoms with Crippen molar-refractivity contribution >= 4 is 0 Å². The molecule has 96 valence electrons. The van der Waals surface area contributed by atoms with Crippen molar-refractivity contribution in [2.45, 2.75) is 77.5 Å². The third-order valence-electron chi connectivity index (χ3n) is 3.56. The van der Waals surface area contributed by atoms with Gasteiger partial charge in [-0.2, -0.15) is 0 Å². The standard InChI is InChI=1S/C13H27NO2/c1-6-7-8-16-11-9-12(2,3)14(15)13(4,5)10-11/h11,14H,6-10H2,1-5H3. The Morgan fingerprint density at radius 2 is 1.69 bits per heavy atom. The average molecular weight is 229 g/mol. The summed E-state index contributed by atoms with van der Waals surface area (Å²) >= 11 is 0. The number of piperidine rings is 1. The van der Waals surface area contributed by atoms with Gasteiger partial charge >= 0.3 is 0 Å². The van der Waals surface area contributed by atoms with E-state index < -0.39 is 0 Å². The van der Waals surface area contributed by atoms with Gasteiger partial charge in [0, 0.05) is 19.4 Å². The fraction of sp³-hybridized carbons (Fsp3) is 1.00. The van der Waals surface area contributed by atoms with Gasteiger partial charge < -0.3 is 15.0 Å². The highest BCUT2D eigenvalue weighted by Gasteiger charge is 2.45. The molecule has 0 radical (unpaired) electrons. The first-order chi connectivity index (χ1) is 7.29. The van der Waals surface area contributed by atoms with E-state index in [2.05, 4.69) is 6.92 Å². The number of rotatable bonds is 4. The van der Waals surface area contributed by atoms with Crippen molar-refractivity contribution in [3.8, 4) is 0 Å². The third-order valence-corrected chi connectivity index (χ3v) is 3.56. The molecule has 16 heavy (non-hydrogen) atoms. The van der Waals surface area contributed by atoms with Crippen LogP contribution in [0.4, 0.5) is 0 Å². The van der Waals surface area contributed by atoms with Gasteiger partial charge in [0.05, 0.1) is 17.2 Å². The second kappa shape index (κ2) is 5.03. The molecule has 0 spiro atoms. The molecule has 0 saturated carbocycles. The zero-order chi connectivity index (χ0) is 12.4. The molecule has 0 aromatic heterocycles. The molecule has 1 aliphatic rings. The van der Waals surface area contributed by atoms with Gasteiger partial charge in [-0.1, -0.05) is 13.3 Å². The Bertz CT molecular complexity index is 208. The minimum atomic E-state index is -0.224. The Kier molecular flexibility index (Phi) is 4.38. The van der Waals surface area contributed by atoms with Gasteiger partial charge in [0.2, 0.25) is 0 Å². The van der Waals surface area contributed by atoms with Crippen LogP contribution in [0.1, 0.15) is 60.3 Å². The van der Waals surface area contributed by atoms with Gasteiger partial charge in [-0.25, -0.2) is 0 Å². The number of hydroxylamine groups is 2. The first kappa shape index (κ1) is 13.9. The Hall–Kier alpha value is -0.120. The van der Waals surface area contributed by atoms with Crippen LogP contribution in [0.25, 0.3) is 0 Å². The molecule has 0 amide bonds. The monoisotopic (exact) mass is 229 g/mol. The molecular formula is C13H27NO2. The number of nitrogens with one attached hydrogen (secondary N) is 1. The summed E-state index contributed by atoms with van der Waals surface area (Å²) in [5.74, 6) is 0. The predicted octanol–water partition coefficient (Wildman–Crippen LogP) is 1.91. The first-order valence-corrected chi connectivity index (χ1v) is 6.46. The van der Waals surface area contributed by atoms with Crippen LogP contribution in [0, 0.1) is 5.21 Å². The third kappa shape index (κ3) is 3.19. The summed E-state index contributed by atoms with van der Waals surface area (Å²) in [4.78, 5) is 0. The normalized spacial score (nSPS) is 32.6. The van der Waals surface area contributed by atoms with Crippen molar-refractivity contribution < 1.29 is 9.80 Å². The van der Waals surface area contributed by atoms with Gasteiger partial charge in [0.15, 0.2) is 0 Å². The van der Waals surface area contributed by atoms with Gasteiger partial charge in [-0.3, -0.25) is 0 Å². The molecule has 0 aliphatic carbocycles. The summed E-state index contributed by atoms with van der Waals surface area (Å²) in [5, 5.41) is 12.6. The van der Waals surface area contributed by atoms with E-state index in [9.17, 15) is 5.21 Å². The Morgan fingerprint density at radius 1 is 1.19 bits per heavy atom. The molecule has 0 bridgehead atoms. The summed E-state index contributed by atoms with van der Waals surface area (Å²) in [6.45, 7) is 11.2. The van der Waals surface area contributed by atoms with Crippen LogP contribution in [-0.4, -0.2) is 23.8 Å². The van der Waals surface area contributed by atoms with Crippen molar-refractivity contribution in [3.05, 3.63) is 5.21 Å². The molecule has 1 rings (SSSR count). The molecule has 0 aromatic rings. The molecule has 3 nitrogen and oxygen atoms in total. The molecule has 1 saturated heterocycles. The van der Waals surface area contributed by atoms with Crippen LogP contribution >= 0.6 is 0 Å². The highest BCUT2D eigenvalue weighted by Crippen LogP contribution is 2.25. The van der Waals surface area contributed by atoms with Crippen molar-refractivity contribution in [3.63, 3.8) is 0 Å². The highest BCUT2D eigenvalue weighted by molar-refractivity contribution is 4.87. The van der Waals surface area contributed by atoms with Crippen LogP contribution in [0.3, 0.4) is 0 Å². The van der Waals surface area contributed by atoms with E-state index in [4.69, 9.17) is 4.74 Å². The molecule has 0 atom stereocenters. The minimum Gasteiger partial charge on any atom is -0.634 e. The van der Waals surface area contributed by atoms with Crippen molar-refractivity contribution in [2.75, 3.05) is 6.61 Å². The summed E-state index contributed by atoms with van der Waals surface area (Å²) in [7, 11) is 0. The van der Waals surface area contributed by atoms with E-state index in [1.54, 1.807) is 0 Å².